The molecule has 0 aliphatic heterocycles. The summed E-state index contributed by atoms with van der Waals surface area (Å²) in [6.07, 6.45) is 93.6. The molecule has 0 bridgehead atoms. The SMILES string of the molecule is CCCCCCCCCCCCCCCCCCN(C)CCCCCCCCCCCCCCCCCC.CCCCCCCCCCCCCCCCCCN(C)CCCCCCCCCCCCCCCCCC.Cc1cc(C)cc(OB(O)O)c1. The van der Waals surface area contributed by atoms with Crippen LogP contribution in [0.1, 0.15) is 450 Å². The van der Waals surface area contributed by atoms with E-state index in [1.54, 1.807) is 12.1 Å². The van der Waals surface area contributed by atoms with E-state index in [-0.39, 0.29) is 0 Å². The first-order valence-electron chi connectivity index (χ1n) is 40.7. The molecule has 0 aliphatic carbocycles. The van der Waals surface area contributed by atoms with Gasteiger partial charge < -0.3 is 24.5 Å². The summed E-state index contributed by atoms with van der Waals surface area (Å²) >= 11 is 0. The van der Waals surface area contributed by atoms with Crippen molar-refractivity contribution in [3.8, 4) is 5.75 Å². The Bertz CT molecular complexity index is 1230. The molecule has 524 valence electrons. The summed E-state index contributed by atoms with van der Waals surface area (Å²) in [5.41, 5.74) is 2.07. The van der Waals surface area contributed by atoms with Gasteiger partial charge in [0, 0.05) is 0 Å². The van der Waals surface area contributed by atoms with E-state index in [4.69, 9.17) is 10.0 Å². The van der Waals surface area contributed by atoms with E-state index in [0.29, 0.717) is 5.75 Å². The van der Waals surface area contributed by atoms with Crippen molar-refractivity contribution in [2.75, 3.05) is 40.3 Å². The summed E-state index contributed by atoms with van der Waals surface area (Å²) in [5.74, 6) is 0.475. The molecule has 6 heteroatoms. The molecule has 0 heterocycles. The lowest BCUT2D eigenvalue weighted by atomic mass is 10.0. The third-order valence-electron chi connectivity index (χ3n) is 19.0. The first-order valence-corrected chi connectivity index (χ1v) is 40.7. The minimum absolute atomic E-state index is 0.475. The van der Waals surface area contributed by atoms with Gasteiger partial charge in [0.2, 0.25) is 0 Å². The Morgan fingerprint density at radius 2 is 0.375 bits per heavy atom. The van der Waals surface area contributed by atoms with Crippen LogP contribution in [0.2, 0.25) is 0 Å². The van der Waals surface area contributed by atoms with E-state index < -0.39 is 7.32 Å². The molecule has 88 heavy (non-hydrogen) atoms. The van der Waals surface area contributed by atoms with Gasteiger partial charge in [-0.1, -0.05) is 419 Å². The highest BCUT2D eigenvalue weighted by atomic mass is 16.6. The molecular formula is C82H165BN2O3. The summed E-state index contributed by atoms with van der Waals surface area (Å²) < 4.78 is 4.69. The fourth-order valence-corrected chi connectivity index (χ4v) is 13.1. The van der Waals surface area contributed by atoms with Crippen LogP contribution in [0.25, 0.3) is 0 Å². The Morgan fingerprint density at radius 3 is 0.511 bits per heavy atom. The normalized spacial score (nSPS) is 11.4. The highest BCUT2D eigenvalue weighted by molar-refractivity contribution is 6.33. The second-order valence-corrected chi connectivity index (χ2v) is 28.6. The van der Waals surface area contributed by atoms with Crippen LogP contribution in [0.3, 0.4) is 0 Å². The van der Waals surface area contributed by atoms with Crippen molar-refractivity contribution in [2.45, 2.75) is 452 Å². The zero-order valence-electron chi connectivity index (χ0n) is 62.1. The molecule has 0 radical (unpaired) electrons. The molecule has 0 spiro atoms. The molecule has 0 unspecified atom stereocenters. The standard InChI is InChI=1S/2C37H77N.C8H11BO3/c2*1-4-6-8-10-12-14-16-18-20-22-24-26-28-30-32-34-36-38(3)37-35-33-31-29-27-25-23-21-19-17-15-13-11-9-7-5-2;1-6-3-7(2)5-8(4-6)12-9(10)11/h2*4-37H2,1-3H3;3-5,10-11H,1-2H3. The number of unbranched alkanes of at least 4 members (excludes halogenated alkanes) is 60. The van der Waals surface area contributed by atoms with Crippen molar-refractivity contribution in [1.29, 1.82) is 0 Å². The van der Waals surface area contributed by atoms with Gasteiger partial charge in [-0.15, -0.1) is 0 Å². The van der Waals surface area contributed by atoms with E-state index in [1.807, 2.05) is 19.9 Å². The monoisotopic (exact) mass is 1240 g/mol. The molecule has 2 N–H and O–H groups in total. The smallest absolute Gasteiger partial charge is 0.512 e. The van der Waals surface area contributed by atoms with Gasteiger partial charge in [-0.3, -0.25) is 0 Å². The maximum absolute atomic E-state index is 8.52. The van der Waals surface area contributed by atoms with Crippen LogP contribution in [0.5, 0.6) is 5.75 Å². The molecule has 0 fully saturated rings. The van der Waals surface area contributed by atoms with Crippen molar-refractivity contribution in [3.63, 3.8) is 0 Å². The summed E-state index contributed by atoms with van der Waals surface area (Å²) in [6, 6.07) is 5.47. The Morgan fingerprint density at radius 1 is 0.239 bits per heavy atom. The van der Waals surface area contributed by atoms with Gasteiger partial charge >= 0.3 is 7.32 Å². The Labute approximate surface area is 556 Å². The topological polar surface area (TPSA) is 56.2 Å². The van der Waals surface area contributed by atoms with E-state index in [1.165, 1.54) is 437 Å². The maximum Gasteiger partial charge on any atom is 0.707 e. The number of nitrogens with zero attached hydrogens (tertiary/aromatic N) is 2. The minimum Gasteiger partial charge on any atom is -0.512 e. The van der Waals surface area contributed by atoms with Gasteiger partial charge in [-0.05, 0) is 103 Å². The predicted octanol–water partition coefficient (Wildman–Crippen LogP) is 27.5. The van der Waals surface area contributed by atoms with Crippen LogP contribution in [0.4, 0.5) is 0 Å². The third kappa shape index (κ3) is 79.2. The fourth-order valence-electron chi connectivity index (χ4n) is 13.1. The van der Waals surface area contributed by atoms with Crippen molar-refractivity contribution >= 4 is 7.32 Å². The van der Waals surface area contributed by atoms with Gasteiger partial charge in [0.15, 0.2) is 0 Å². The Hall–Kier alpha value is -1.08. The summed E-state index contributed by atoms with van der Waals surface area (Å²) in [5, 5.41) is 17.0. The van der Waals surface area contributed by atoms with Crippen LogP contribution in [0, 0.1) is 13.8 Å². The summed E-state index contributed by atoms with van der Waals surface area (Å²) in [4.78, 5) is 5.18. The maximum atomic E-state index is 8.52. The van der Waals surface area contributed by atoms with Crippen molar-refractivity contribution in [3.05, 3.63) is 29.3 Å². The van der Waals surface area contributed by atoms with E-state index in [2.05, 4.69) is 56.2 Å². The lowest BCUT2D eigenvalue weighted by molar-refractivity contribution is 0.288. The molecule has 0 aliphatic rings. The summed E-state index contributed by atoms with van der Waals surface area (Å²) in [7, 11) is 2.94. The zero-order chi connectivity index (χ0) is 64.4. The molecule has 1 rings (SSSR count). The fraction of sp³-hybridized carbons (Fsp3) is 0.927. The lowest BCUT2D eigenvalue weighted by Crippen LogP contribution is -2.20. The first kappa shape index (κ1) is 89.0. The second-order valence-electron chi connectivity index (χ2n) is 28.6. The number of hydrogen-bond donors (Lipinski definition) is 2. The van der Waals surface area contributed by atoms with Crippen LogP contribution < -0.4 is 4.65 Å². The van der Waals surface area contributed by atoms with Gasteiger partial charge in [-0.25, -0.2) is 0 Å². The van der Waals surface area contributed by atoms with E-state index >= 15 is 0 Å². The lowest BCUT2D eigenvalue weighted by Gasteiger charge is -2.16. The van der Waals surface area contributed by atoms with Crippen LogP contribution in [-0.2, 0) is 0 Å². The van der Waals surface area contributed by atoms with Gasteiger partial charge in [0.1, 0.15) is 5.75 Å². The molecule has 0 amide bonds. The van der Waals surface area contributed by atoms with Crippen LogP contribution >= 0.6 is 0 Å². The Kier molecular flexibility index (Phi) is 79.2. The first-order chi connectivity index (χ1) is 43.2. The number of rotatable bonds is 70. The van der Waals surface area contributed by atoms with Gasteiger partial charge in [-0.2, -0.15) is 0 Å². The minimum atomic E-state index is -1.74. The molecule has 1 aromatic carbocycles. The largest absolute Gasteiger partial charge is 0.707 e. The number of aryl methyl sites for hydroxylation is 2. The molecule has 0 aromatic heterocycles. The van der Waals surface area contributed by atoms with Crippen LogP contribution in [-0.4, -0.2) is 67.4 Å². The molecule has 0 atom stereocenters. The average Bonchev–Trinajstić information content (AvgIpc) is 3.65. The van der Waals surface area contributed by atoms with E-state index in [9.17, 15) is 0 Å². The number of hydrogen-bond acceptors (Lipinski definition) is 5. The third-order valence-corrected chi connectivity index (χ3v) is 19.0. The molecule has 1 aromatic rings. The molecular weight excluding hydrogens is 1070 g/mol. The summed E-state index contributed by atoms with van der Waals surface area (Å²) in [6.45, 7) is 18.3. The van der Waals surface area contributed by atoms with Crippen molar-refractivity contribution in [1.82, 2.24) is 9.80 Å². The Balaban J connectivity index is 0. The molecule has 0 saturated heterocycles. The van der Waals surface area contributed by atoms with Crippen molar-refractivity contribution < 1.29 is 14.7 Å². The van der Waals surface area contributed by atoms with Gasteiger partial charge in [0.05, 0.1) is 0 Å². The highest BCUT2D eigenvalue weighted by Gasteiger charge is 2.11. The second kappa shape index (κ2) is 78.4. The van der Waals surface area contributed by atoms with Crippen LogP contribution in [0.15, 0.2) is 18.2 Å². The van der Waals surface area contributed by atoms with Crippen molar-refractivity contribution in [2.24, 2.45) is 0 Å². The molecule has 0 saturated carbocycles. The van der Waals surface area contributed by atoms with E-state index in [0.717, 1.165) is 11.1 Å². The number of benzene rings is 1. The average molecular weight is 1240 g/mol. The quantitative estimate of drug-likeness (QED) is 0.0503. The zero-order valence-corrected chi connectivity index (χ0v) is 62.1. The highest BCUT2D eigenvalue weighted by Crippen LogP contribution is 2.20. The predicted molar refractivity (Wildman–Crippen MR) is 400 cm³/mol. The molecule has 5 nitrogen and oxygen atoms in total. The van der Waals surface area contributed by atoms with Gasteiger partial charge in [0.25, 0.3) is 0 Å².